The van der Waals surface area contributed by atoms with E-state index < -0.39 is 48.8 Å². The van der Waals surface area contributed by atoms with Crippen LogP contribution in [0.15, 0.2) is 0 Å². The maximum Gasteiger partial charge on any atom is 0.475 e. The number of carbonyl (C=O) groups is 3. The minimum atomic E-state index is -4.51. The Balaban J connectivity index is 5.96. The fourth-order valence-corrected chi connectivity index (χ4v) is 6.77. The second kappa shape index (κ2) is 19.9. The summed E-state index contributed by atoms with van der Waals surface area (Å²) in [6, 6.07) is 1.07. The average Bonchev–Trinajstić information content (AvgIpc) is 2.90. The fraction of sp³-hybridized carbons (Fsp3) is 0.914. The molecule has 1 N–H and O–H groups in total. The lowest BCUT2D eigenvalue weighted by molar-refractivity contribution is -0.870. The summed E-state index contributed by atoms with van der Waals surface area (Å²) >= 11 is 0. The molecule has 0 fully saturated rings. The zero-order valence-corrected chi connectivity index (χ0v) is 34.5. The first-order chi connectivity index (χ1) is 22.1. The highest BCUT2D eigenvalue weighted by Gasteiger charge is 2.49. The van der Waals surface area contributed by atoms with Crippen LogP contribution in [0.4, 0.5) is 0 Å². The van der Waals surface area contributed by atoms with Gasteiger partial charge < -0.3 is 23.6 Å². The third-order valence-corrected chi connectivity index (χ3v) is 9.44. The average molecular weight is 725 g/mol. The van der Waals surface area contributed by atoms with Crippen molar-refractivity contribution >= 4 is 25.7 Å². The van der Waals surface area contributed by atoms with Crippen LogP contribution in [0.2, 0.25) is 0 Å². The summed E-state index contributed by atoms with van der Waals surface area (Å²) in [7, 11) is 1.20. The van der Waals surface area contributed by atoms with Gasteiger partial charge in [0.1, 0.15) is 26.4 Å². The van der Waals surface area contributed by atoms with E-state index in [9.17, 15) is 23.8 Å². The van der Waals surface area contributed by atoms with Crippen LogP contribution < -0.4 is 0 Å². The van der Waals surface area contributed by atoms with E-state index in [0.29, 0.717) is 24.1 Å². The molecule has 290 valence electrons. The summed E-state index contributed by atoms with van der Waals surface area (Å²) in [5.41, 5.74) is -3.75. The number of hydrogen-bond acceptors (Lipinski definition) is 11. The highest BCUT2D eigenvalue weighted by atomic mass is 31.2. The van der Waals surface area contributed by atoms with Gasteiger partial charge in [-0.15, -0.1) is 0 Å². The summed E-state index contributed by atoms with van der Waals surface area (Å²) < 4.78 is 39.7. The molecule has 0 aromatic carbocycles. The van der Waals surface area contributed by atoms with E-state index in [1.165, 1.54) is 0 Å². The molecule has 1 atom stereocenters. The number of likely N-dealkylation sites (N-methyl/N-ethyl adjacent to an activating group) is 1. The normalized spacial score (nSPS) is 14.7. The van der Waals surface area contributed by atoms with Crippen molar-refractivity contribution in [2.75, 3.05) is 67.4 Å². The quantitative estimate of drug-likeness (QED) is 0.0443. The van der Waals surface area contributed by atoms with Crippen molar-refractivity contribution in [3.63, 3.8) is 0 Å². The van der Waals surface area contributed by atoms with Gasteiger partial charge in [-0.05, 0) is 103 Å². The fourth-order valence-electron chi connectivity index (χ4n) is 6.19. The van der Waals surface area contributed by atoms with E-state index in [1.54, 1.807) is 34.6 Å². The van der Waals surface area contributed by atoms with Crippen LogP contribution >= 0.6 is 7.82 Å². The Kier molecular flexibility index (Phi) is 19.2. The van der Waals surface area contributed by atoms with E-state index in [1.807, 2.05) is 21.1 Å². The molecule has 0 heterocycles. The second-order valence-corrected chi connectivity index (χ2v) is 18.3. The third kappa shape index (κ3) is 17.9. The summed E-state index contributed by atoms with van der Waals surface area (Å²) in [6.45, 7) is 26.0. The lowest BCUT2D eigenvalue weighted by Gasteiger charge is -2.38. The van der Waals surface area contributed by atoms with Gasteiger partial charge >= 0.3 is 25.7 Å². The summed E-state index contributed by atoms with van der Waals surface area (Å²) in [6.07, 6.45) is -0.0879. The maximum atomic E-state index is 13.8. The van der Waals surface area contributed by atoms with Crippen molar-refractivity contribution in [3.8, 4) is 0 Å². The van der Waals surface area contributed by atoms with Crippen LogP contribution in [-0.2, 0) is 42.2 Å². The van der Waals surface area contributed by atoms with E-state index in [2.05, 4.69) is 65.2 Å². The van der Waals surface area contributed by atoms with Crippen LogP contribution in [0.25, 0.3) is 0 Å². The van der Waals surface area contributed by atoms with Gasteiger partial charge in [-0.3, -0.25) is 28.7 Å². The minimum absolute atomic E-state index is 0.0439. The van der Waals surface area contributed by atoms with E-state index in [4.69, 9.17) is 23.3 Å². The second-order valence-electron chi connectivity index (χ2n) is 16.8. The molecule has 0 rings (SSSR count). The molecule has 13 nitrogen and oxygen atoms in total. The van der Waals surface area contributed by atoms with Crippen molar-refractivity contribution in [2.45, 2.75) is 127 Å². The molecule has 0 aromatic heterocycles. The van der Waals surface area contributed by atoms with Crippen molar-refractivity contribution in [1.29, 1.82) is 0 Å². The van der Waals surface area contributed by atoms with Gasteiger partial charge in [0.25, 0.3) is 0 Å². The van der Waals surface area contributed by atoms with E-state index in [0.717, 1.165) is 0 Å². The topological polar surface area (TPSA) is 141 Å². The Morgan fingerprint density at radius 3 is 1.33 bits per heavy atom. The Morgan fingerprint density at radius 2 is 1.00 bits per heavy atom. The number of nitrogens with zero attached hydrogens (tertiary/aromatic N) is 3. The molecule has 0 aromatic rings. The molecule has 49 heavy (non-hydrogen) atoms. The summed E-state index contributed by atoms with van der Waals surface area (Å²) in [4.78, 5) is 55.1. The number of esters is 3. The molecule has 0 saturated carbocycles. The van der Waals surface area contributed by atoms with Crippen molar-refractivity contribution in [1.82, 2.24) is 9.80 Å². The molecule has 0 saturated heterocycles. The Bertz CT molecular complexity index is 1020. The zero-order chi connectivity index (χ0) is 38.6. The highest BCUT2D eigenvalue weighted by molar-refractivity contribution is 7.47. The number of ether oxygens (including phenoxy) is 3. The molecular weight excluding hydrogens is 653 g/mol. The smallest absolute Gasteiger partial charge is 0.464 e. The van der Waals surface area contributed by atoms with Crippen molar-refractivity contribution in [3.05, 3.63) is 0 Å². The van der Waals surface area contributed by atoms with Crippen LogP contribution in [0.3, 0.4) is 0 Å². The van der Waals surface area contributed by atoms with Crippen molar-refractivity contribution < 1.29 is 51.6 Å². The molecule has 0 bridgehead atoms. The lowest BCUT2D eigenvalue weighted by Crippen LogP contribution is -2.45. The van der Waals surface area contributed by atoms with Gasteiger partial charge in [0.05, 0.1) is 37.4 Å². The van der Waals surface area contributed by atoms with Gasteiger partial charge in [-0.25, -0.2) is 9.09 Å². The van der Waals surface area contributed by atoms with E-state index >= 15 is 0 Å². The Hall–Kier alpha value is -1.60. The molecule has 0 aliphatic rings. The van der Waals surface area contributed by atoms with Crippen molar-refractivity contribution in [2.24, 2.45) is 16.2 Å². The first-order valence-corrected chi connectivity index (χ1v) is 19.0. The zero-order valence-electron chi connectivity index (χ0n) is 33.6. The maximum absolute atomic E-state index is 13.8. The van der Waals surface area contributed by atoms with Crippen LogP contribution in [0.1, 0.15) is 103 Å². The number of phosphoric acid groups is 1. The van der Waals surface area contributed by atoms with Gasteiger partial charge in [0.15, 0.2) is 0 Å². The number of hydrogen-bond donors (Lipinski definition) is 1. The van der Waals surface area contributed by atoms with Crippen LogP contribution in [-0.4, -0.2) is 129 Å². The molecule has 1 unspecified atom stereocenters. The van der Waals surface area contributed by atoms with Gasteiger partial charge in [0.2, 0.25) is 6.79 Å². The SMILES string of the molecule is CC(C)N(CCOC(=O)C(C)(C)CC(C)(CC(C)(C)C(=O)OCCN(C(C)C)C(C)C)C(=O)OCOP(=O)(O)OCC[N+](C)(C)C)C(C)C. The molecular formula is C35H71N3O10P+. The monoisotopic (exact) mass is 724 g/mol. The molecule has 0 aliphatic carbocycles. The van der Waals surface area contributed by atoms with E-state index in [-0.39, 0.29) is 56.8 Å². The predicted molar refractivity (Wildman–Crippen MR) is 191 cm³/mol. The lowest BCUT2D eigenvalue weighted by atomic mass is 9.66. The Morgan fingerprint density at radius 1 is 0.633 bits per heavy atom. The number of quaternary nitrogens is 1. The first kappa shape index (κ1) is 47.4. The number of rotatable bonds is 24. The minimum Gasteiger partial charge on any atom is -0.464 e. The summed E-state index contributed by atoms with van der Waals surface area (Å²) in [5.74, 6) is -1.80. The predicted octanol–water partition coefficient (Wildman–Crippen LogP) is 5.49. The highest BCUT2D eigenvalue weighted by Crippen LogP contribution is 2.46. The van der Waals surface area contributed by atoms with Gasteiger partial charge in [-0.2, -0.15) is 0 Å². The van der Waals surface area contributed by atoms with Crippen LogP contribution in [0.5, 0.6) is 0 Å². The molecule has 0 spiro atoms. The molecule has 0 amide bonds. The number of phosphoric ester groups is 1. The van der Waals surface area contributed by atoms with Gasteiger partial charge in [0, 0.05) is 37.3 Å². The van der Waals surface area contributed by atoms with Crippen LogP contribution in [0, 0.1) is 16.2 Å². The standard InChI is InChI=1S/C35H70N3O10P/c1-26(2)36(27(3)4)17-20-44-30(39)33(9,10)23-35(13,32(41)46-25-48-49(42,43)47-22-19-38(14,15)16)24-34(11,12)31(40)45-21-18-37(28(5)6)29(7)8/h26-29H,17-25H2,1-16H3/p+1. The Labute approximate surface area is 297 Å². The molecule has 0 aliphatic heterocycles. The first-order valence-electron chi connectivity index (χ1n) is 17.5. The largest absolute Gasteiger partial charge is 0.475 e. The van der Waals surface area contributed by atoms with Gasteiger partial charge in [-0.1, -0.05) is 0 Å². The molecule has 14 heteroatoms. The third-order valence-electron chi connectivity index (χ3n) is 8.50. The number of carbonyl (C=O) groups excluding carboxylic acids is 3. The summed E-state index contributed by atoms with van der Waals surface area (Å²) in [5, 5.41) is 0. The molecule has 0 radical (unpaired) electrons.